The van der Waals surface area contributed by atoms with E-state index in [9.17, 15) is 4.79 Å². The van der Waals surface area contributed by atoms with E-state index in [1.54, 1.807) is 12.1 Å². The zero-order valence-electron chi connectivity index (χ0n) is 14.5. The van der Waals surface area contributed by atoms with Crippen molar-refractivity contribution in [3.05, 3.63) is 47.7 Å². The van der Waals surface area contributed by atoms with Crippen LogP contribution in [-0.4, -0.2) is 48.2 Å². The third kappa shape index (κ3) is 5.31. The van der Waals surface area contributed by atoms with Gasteiger partial charge < -0.3 is 15.5 Å². The van der Waals surface area contributed by atoms with Gasteiger partial charge in [0.25, 0.3) is 5.91 Å². The van der Waals surface area contributed by atoms with Crippen LogP contribution in [0.3, 0.4) is 0 Å². The molecule has 2 N–H and O–H groups in total. The minimum absolute atomic E-state index is 0.193. The average Bonchev–Trinajstić information content (AvgIpc) is 2.59. The third-order valence-corrected chi connectivity index (χ3v) is 3.63. The SMILES string of the molecule is CCc1ccccc1Nc1ccc(C(=O)NCCCN(C)C)nn1. The van der Waals surface area contributed by atoms with Crippen LogP contribution in [0.15, 0.2) is 36.4 Å². The molecule has 0 aliphatic heterocycles. The van der Waals surface area contributed by atoms with E-state index in [0.717, 1.165) is 25.1 Å². The topological polar surface area (TPSA) is 70.2 Å². The highest BCUT2D eigenvalue weighted by atomic mass is 16.1. The Morgan fingerprint density at radius 2 is 1.92 bits per heavy atom. The molecule has 0 saturated heterocycles. The minimum Gasteiger partial charge on any atom is -0.351 e. The summed E-state index contributed by atoms with van der Waals surface area (Å²) in [6.07, 6.45) is 1.84. The predicted molar refractivity (Wildman–Crippen MR) is 96.6 cm³/mol. The number of anilines is 2. The molecule has 6 heteroatoms. The lowest BCUT2D eigenvalue weighted by Gasteiger charge is -2.10. The summed E-state index contributed by atoms with van der Waals surface area (Å²) >= 11 is 0. The van der Waals surface area contributed by atoms with Gasteiger partial charge in [-0.15, -0.1) is 10.2 Å². The second kappa shape index (κ2) is 8.98. The van der Waals surface area contributed by atoms with Crippen molar-refractivity contribution >= 4 is 17.4 Å². The number of para-hydroxylation sites is 1. The molecule has 1 heterocycles. The fourth-order valence-corrected chi connectivity index (χ4v) is 2.30. The molecule has 2 aromatic rings. The molecule has 6 nitrogen and oxygen atoms in total. The molecule has 0 unspecified atom stereocenters. The van der Waals surface area contributed by atoms with Gasteiger partial charge in [-0.2, -0.15) is 0 Å². The number of carbonyl (C=O) groups is 1. The number of hydrogen-bond donors (Lipinski definition) is 2. The van der Waals surface area contributed by atoms with E-state index >= 15 is 0 Å². The summed E-state index contributed by atoms with van der Waals surface area (Å²) in [5.74, 6) is 0.432. The van der Waals surface area contributed by atoms with Crippen molar-refractivity contribution in [3.63, 3.8) is 0 Å². The second-order valence-electron chi connectivity index (χ2n) is 5.85. The number of nitrogens with zero attached hydrogens (tertiary/aromatic N) is 3. The second-order valence-corrected chi connectivity index (χ2v) is 5.85. The van der Waals surface area contributed by atoms with Gasteiger partial charge in [0.2, 0.25) is 0 Å². The normalized spacial score (nSPS) is 10.7. The van der Waals surface area contributed by atoms with Crippen molar-refractivity contribution in [2.24, 2.45) is 0 Å². The number of hydrogen-bond acceptors (Lipinski definition) is 5. The van der Waals surface area contributed by atoms with E-state index in [4.69, 9.17) is 0 Å². The number of amides is 1. The Balaban J connectivity index is 1.91. The van der Waals surface area contributed by atoms with Crippen molar-refractivity contribution < 1.29 is 4.79 Å². The molecule has 1 aromatic heterocycles. The first-order chi connectivity index (χ1) is 11.6. The van der Waals surface area contributed by atoms with Crippen LogP contribution in [0.25, 0.3) is 0 Å². The fourth-order valence-electron chi connectivity index (χ4n) is 2.30. The summed E-state index contributed by atoms with van der Waals surface area (Å²) in [5.41, 5.74) is 2.55. The summed E-state index contributed by atoms with van der Waals surface area (Å²) in [7, 11) is 4.02. The Morgan fingerprint density at radius 3 is 2.58 bits per heavy atom. The first kappa shape index (κ1) is 17.9. The number of rotatable bonds is 8. The molecule has 1 aromatic carbocycles. The van der Waals surface area contributed by atoms with Crippen molar-refractivity contribution in [2.45, 2.75) is 19.8 Å². The molecule has 0 spiro atoms. The van der Waals surface area contributed by atoms with E-state index in [1.807, 2.05) is 32.3 Å². The molecule has 0 atom stereocenters. The fraction of sp³-hybridized carbons (Fsp3) is 0.389. The number of aryl methyl sites for hydroxylation is 1. The molecule has 24 heavy (non-hydrogen) atoms. The maximum absolute atomic E-state index is 12.0. The lowest BCUT2D eigenvalue weighted by molar-refractivity contribution is 0.0946. The van der Waals surface area contributed by atoms with Crippen LogP contribution in [-0.2, 0) is 6.42 Å². The van der Waals surface area contributed by atoms with Gasteiger partial charge in [0.05, 0.1) is 0 Å². The molecular weight excluding hydrogens is 302 g/mol. The largest absolute Gasteiger partial charge is 0.351 e. The van der Waals surface area contributed by atoms with Crippen molar-refractivity contribution in [2.75, 3.05) is 32.5 Å². The summed E-state index contributed by atoms with van der Waals surface area (Å²) in [6.45, 7) is 3.67. The molecular formula is C18H25N5O. The van der Waals surface area contributed by atoms with Gasteiger partial charge >= 0.3 is 0 Å². The van der Waals surface area contributed by atoms with Crippen LogP contribution in [0.4, 0.5) is 11.5 Å². The Bertz CT molecular complexity index is 655. The van der Waals surface area contributed by atoms with E-state index in [-0.39, 0.29) is 5.91 Å². The van der Waals surface area contributed by atoms with Gasteiger partial charge in [0.1, 0.15) is 0 Å². The van der Waals surface area contributed by atoms with Crippen LogP contribution in [0.2, 0.25) is 0 Å². The van der Waals surface area contributed by atoms with Crippen LogP contribution in [0.5, 0.6) is 0 Å². The maximum atomic E-state index is 12.0. The summed E-state index contributed by atoms with van der Waals surface area (Å²) in [4.78, 5) is 14.1. The third-order valence-electron chi connectivity index (χ3n) is 3.63. The highest BCUT2D eigenvalue weighted by Gasteiger charge is 2.08. The standard InChI is InChI=1S/C18H25N5O/c1-4-14-8-5-6-9-15(14)20-17-11-10-16(21-22-17)18(24)19-12-7-13-23(2)3/h5-6,8-11H,4,7,12-13H2,1-3H3,(H,19,24)(H,20,22). The number of aromatic nitrogens is 2. The van der Waals surface area contributed by atoms with Gasteiger partial charge in [-0.1, -0.05) is 25.1 Å². The molecule has 2 rings (SSSR count). The van der Waals surface area contributed by atoms with Crippen LogP contribution < -0.4 is 10.6 Å². The maximum Gasteiger partial charge on any atom is 0.271 e. The van der Waals surface area contributed by atoms with Gasteiger partial charge in [0, 0.05) is 12.2 Å². The Labute approximate surface area is 143 Å². The molecule has 0 saturated carbocycles. The summed E-state index contributed by atoms with van der Waals surface area (Å²) in [6, 6.07) is 11.5. The smallest absolute Gasteiger partial charge is 0.271 e. The van der Waals surface area contributed by atoms with Crippen molar-refractivity contribution in [1.29, 1.82) is 0 Å². The summed E-state index contributed by atoms with van der Waals surface area (Å²) in [5, 5.41) is 14.2. The average molecular weight is 327 g/mol. The van der Waals surface area contributed by atoms with Gasteiger partial charge in [0.15, 0.2) is 11.5 Å². The van der Waals surface area contributed by atoms with E-state index < -0.39 is 0 Å². The van der Waals surface area contributed by atoms with Gasteiger partial charge in [-0.3, -0.25) is 4.79 Å². The van der Waals surface area contributed by atoms with Crippen LogP contribution in [0.1, 0.15) is 29.4 Å². The van der Waals surface area contributed by atoms with Gasteiger partial charge in [-0.05, 0) is 57.2 Å². The lowest BCUT2D eigenvalue weighted by Crippen LogP contribution is -2.28. The molecule has 0 fully saturated rings. The van der Waals surface area contributed by atoms with Gasteiger partial charge in [-0.25, -0.2) is 0 Å². The molecule has 0 aliphatic carbocycles. The first-order valence-electron chi connectivity index (χ1n) is 8.21. The van der Waals surface area contributed by atoms with E-state index in [1.165, 1.54) is 5.56 Å². The minimum atomic E-state index is -0.193. The Morgan fingerprint density at radius 1 is 1.12 bits per heavy atom. The molecule has 128 valence electrons. The quantitative estimate of drug-likeness (QED) is 0.729. The van der Waals surface area contributed by atoms with Crippen molar-refractivity contribution in [3.8, 4) is 0 Å². The Hall–Kier alpha value is -2.47. The number of carbonyl (C=O) groups excluding carboxylic acids is 1. The Kier molecular flexibility index (Phi) is 6.69. The summed E-state index contributed by atoms with van der Waals surface area (Å²) < 4.78 is 0. The van der Waals surface area contributed by atoms with Crippen LogP contribution in [0, 0.1) is 0 Å². The number of nitrogens with one attached hydrogen (secondary N) is 2. The molecule has 1 amide bonds. The predicted octanol–water partition coefficient (Wildman–Crippen LogP) is 2.46. The number of benzene rings is 1. The molecule has 0 bridgehead atoms. The highest BCUT2D eigenvalue weighted by Crippen LogP contribution is 2.19. The first-order valence-corrected chi connectivity index (χ1v) is 8.21. The van der Waals surface area contributed by atoms with E-state index in [0.29, 0.717) is 18.1 Å². The lowest BCUT2D eigenvalue weighted by atomic mass is 10.1. The monoisotopic (exact) mass is 327 g/mol. The van der Waals surface area contributed by atoms with Crippen molar-refractivity contribution in [1.82, 2.24) is 20.4 Å². The van der Waals surface area contributed by atoms with E-state index in [2.05, 4.69) is 38.7 Å². The zero-order chi connectivity index (χ0) is 17.4. The molecule has 0 aliphatic rings. The highest BCUT2D eigenvalue weighted by molar-refractivity contribution is 5.92. The molecule has 0 radical (unpaired) electrons. The van der Waals surface area contributed by atoms with Crippen LogP contribution >= 0.6 is 0 Å². The zero-order valence-corrected chi connectivity index (χ0v) is 14.5.